The predicted octanol–water partition coefficient (Wildman–Crippen LogP) is 6.41. The summed E-state index contributed by atoms with van der Waals surface area (Å²) in [4.78, 5) is 31.2. The molecule has 234 valence electrons. The van der Waals surface area contributed by atoms with E-state index >= 15 is 0 Å². The number of carbonyl (C=O) groups is 2. The number of benzene rings is 3. The summed E-state index contributed by atoms with van der Waals surface area (Å²) < 4.78 is 50.2. The molecule has 0 radical (unpaired) electrons. The Morgan fingerprint density at radius 3 is 2.02 bits per heavy atom. The van der Waals surface area contributed by atoms with E-state index in [1.807, 2.05) is 43.4 Å². The number of methoxy groups -OCH3 is 2. The molecule has 2 heterocycles. The van der Waals surface area contributed by atoms with Gasteiger partial charge in [-0.3, -0.25) is 14.5 Å². The number of amides is 2. The lowest BCUT2D eigenvalue weighted by atomic mass is 9.82. The lowest BCUT2D eigenvalue weighted by Gasteiger charge is -2.42. The smallest absolute Gasteiger partial charge is 0.416 e. The van der Waals surface area contributed by atoms with Crippen LogP contribution < -0.4 is 19.7 Å². The van der Waals surface area contributed by atoms with Crippen LogP contribution in [0, 0.1) is 11.8 Å². The molecule has 4 atom stereocenters. The summed E-state index contributed by atoms with van der Waals surface area (Å²) in [6.45, 7) is 1.19. The van der Waals surface area contributed by atoms with Crippen LogP contribution in [0.1, 0.15) is 54.5 Å². The first-order valence-corrected chi connectivity index (χ1v) is 14.9. The van der Waals surface area contributed by atoms with E-state index in [0.717, 1.165) is 42.6 Å². The molecule has 44 heavy (non-hydrogen) atoms. The van der Waals surface area contributed by atoms with Crippen LogP contribution in [0.25, 0.3) is 0 Å². The second kappa shape index (κ2) is 13.3. The molecular weight excluding hydrogens is 571 g/mol. The molecule has 2 aliphatic heterocycles. The van der Waals surface area contributed by atoms with Gasteiger partial charge in [0.15, 0.2) is 0 Å². The summed E-state index contributed by atoms with van der Waals surface area (Å²) in [5.41, 5.74) is 1.60. The summed E-state index contributed by atoms with van der Waals surface area (Å²) in [5, 5.41) is 3.18. The Morgan fingerprint density at radius 2 is 1.43 bits per heavy atom. The van der Waals surface area contributed by atoms with Crippen molar-refractivity contribution in [1.29, 1.82) is 0 Å². The van der Waals surface area contributed by atoms with E-state index in [9.17, 15) is 22.8 Å². The highest BCUT2D eigenvalue weighted by Crippen LogP contribution is 2.42. The lowest BCUT2D eigenvalue weighted by molar-refractivity contribution is -0.137. The van der Waals surface area contributed by atoms with E-state index in [0.29, 0.717) is 30.2 Å². The number of piperidine rings is 2. The van der Waals surface area contributed by atoms with Crippen molar-refractivity contribution in [3.8, 4) is 11.5 Å². The Hall–Kier alpha value is -4.05. The Morgan fingerprint density at radius 1 is 0.864 bits per heavy atom. The average Bonchev–Trinajstić information content (AvgIpc) is 3.03. The van der Waals surface area contributed by atoms with Crippen LogP contribution in [0.5, 0.6) is 11.5 Å². The first kappa shape index (κ1) is 31.4. The number of hydrogen-bond donors (Lipinski definition) is 1. The minimum atomic E-state index is -4.40. The number of ether oxygens (including phenoxy) is 2. The minimum Gasteiger partial charge on any atom is -0.497 e. The zero-order chi connectivity index (χ0) is 31.4. The molecule has 3 aromatic carbocycles. The molecule has 4 unspecified atom stereocenters. The molecular formula is C34H38F3N3O4. The molecule has 10 heteroatoms. The van der Waals surface area contributed by atoms with Crippen molar-refractivity contribution in [1.82, 2.24) is 10.2 Å². The summed E-state index contributed by atoms with van der Waals surface area (Å²) in [6.07, 6.45) is -2.03. The maximum Gasteiger partial charge on any atom is 0.416 e. The van der Waals surface area contributed by atoms with Crippen LogP contribution in [0.15, 0.2) is 72.8 Å². The van der Waals surface area contributed by atoms with E-state index < -0.39 is 23.7 Å². The SMILES string of the molecule is COc1ccc(C2C(C(=O)NCC3CCCN(C)C3c3ccc(C(F)(F)F)cc3)CCC(=O)N2c2ccc(OC)cc2)cc1. The zero-order valence-corrected chi connectivity index (χ0v) is 25.1. The molecule has 1 N–H and O–H groups in total. The molecule has 0 saturated carbocycles. The Labute approximate surface area is 255 Å². The van der Waals surface area contributed by atoms with Gasteiger partial charge in [0, 0.05) is 24.7 Å². The highest BCUT2D eigenvalue weighted by molar-refractivity contribution is 5.97. The molecule has 2 aliphatic rings. The third kappa shape index (κ3) is 6.70. The van der Waals surface area contributed by atoms with Crippen molar-refractivity contribution in [3.05, 3.63) is 89.5 Å². The molecule has 0 aromatic heterocycles. The van der Waals surface area contributed by atoms with Gasteiger partial charge in [-0.05, 0) is 98.4 Å². The van der Waals surface area contributed by atoms with Gasteiger partial charge in [-0.2, -0.15) is 13.2 Å². The Bertz CT molecular complexity index is 1430. The summed E-state index contributed by atoms with van der Waals surface area (Å²) in [6, 6.07) is 19.3. The molecule has 0 spiro atoms. The fraction of sp³-hybridized carbons (Fsp3) is 0.412. The zero-order valence-electron chi connectivity index (χ0n) is 25.1. The van der Waals surface area contributed by atoms with Gasteiger partial charge in [-0.25, -0.2) is 0 Å². The summed E-state index contributed by atoms with van der Waals surface area (Å²) >= 11 is 0. The van der Waals surface area contributed by atoms with Gasteiger partial charge in [0.25, 0.3) is 0 Å². The van der Waals surface area contributed by atoms with Crippen LogP contribution >= 0.6 is 0 Å². The third-order valence-electron chi connectivity index (χ3n) is 8.87. The van der Waals surface area contributed by atoms with Crippen LogP contribution in [0.3, 0.4) is 0 Å². The number of anilines is 1. The van der Waals surface area contributed by atoms with E-state index in [1.54, 1.807) is 43.4 Å². The number of hydrogen-bond acceptors (Lipinski definition) is 5. The molecule has 2 fully saturated rings. The number of halogens is 3. The van der Waals surface area contributed by atoms with Crippen LogP contribution in [0.2, 0.25) is 0 Å². The number of alkyl halides is 3. The number of carbonyl (C=O) groups excluding carboxylic acids is 2. The molecule has 0 bridgehead atoms. The van der Waals surface area contributed by atoms with Gasteiger partial charge in [0.2, 0.25) is 11.8 Å². The second-order valence-electron chi connectivity index (χ2n) is 11.5. The standard InChI is InChI=1S/C34H38F3N3O4/c1-39-20-4-5-24(31(39)22-6-10-25(11-7-22)34(35,36)37)21-38-33(42)29-18-19-30(41)40(26-12-16-28(44-3)17-13-26)32(29)23-8-14-27(43-2)15-9-23/h6-17,24,29,31-32H,4-5,18-21H2,1-3H3,(H,38,42). The molecule has 5 rings (SSSR count). The number of nitrogens with one attached hydrogen (secondary N) is 1. The largest absolute Gasteiger partial charge is 0.497 e. The monoisotopic (exact) mass is 609 g/mol. The van der Waals surface area contributed by atoms with Crippen molar-refractivity contribution >= 4 is 17.5 Å². The maximum atomic E-state index is 14.0. The van der Waals surface area contributed by atoms with E-state index in [4.69, 9.17) is 9.47 Å². The average molecular weight is 610 g/mol. The maximum absolute atomic E-state index is 14.0. The van der Waals surface area contributed by atoms with Gasteiger partial charge in [-0.1, -0.05) is 24.3 Å². The van der Waals surface area contributed by atoms with Crippen molar-refractivity contribution in [3.63, 3.8) is 0 Å². The van der Waals surface area contributed by atoms with Gasteiger partial charge in [0.1, 0.15) is 11.5 Å². The molecule has 7 nitrogen and oxygen atoms in total. The van der Waals surface area contributed by atoms with Gasteiger partial charge < -0.3 is 19.7 Å². The Balaban J connectivity index is 1.39. The predicted molar refractivity (Wildman–Crippen MR) is 161 cm³/mol. The first-order valence-electron chi connectivity index (χ1n) is 14.9. The highest BCUT2D eigenvalue weighted by Gasteiger charge is 2.42. The summed E-state index contributed by atoms with van der Waals surface area (Å²) in [7, 11) is 5.13. The third-order valence-corrected chi connectivity index (χ3v) is 8.87. The fourth-order valence-corrected chi connectivity index (χ4v) is 6.63. The van der Waals surface area contributed by atoms with Gasteiger partial charge in [-0.15, -0.1) is 0 Å². The molecule has 2 amide bonds. The fourth-order valence-electron chi connectivity index (χ4n) is 6.63. The Kier molecular flexibility index (Phi) is 9.48. The highest BCUT2D eigenvalue weighted by atomic mass is 19.4. The second-order valence-corrected chi connectivity index (χ2v) is 11.5. The van der Waals surface area contributed by atoms with Crippen molar-refractivity contribution in [2.45, 2.75) is 43.9 Å². The van der Waals surface area contributed by atoms with Crippen LogP contribution in [-0.2, 0) is 15.8 Å². The van der Waals surface area contributed by atoms with Crippen LogP contribution in [-0.4, -0.2) is 51.1 Å². The minimum absolute atomic E-state index is 0.0109. The van der Waals surface area contributed by atoms with Crippen molar-refractivity contribution < 1.29 is 32.2 Å². The lowest BCUT2D eigenvalue weighted by Crippen LogP contribution is -2.49. The van der Waals surface area contributed by atoms with Crippen molar-refractivity contribution in [2.75, 3.05) is 39.3 Å². The van der Waals surface area contributed by atoms with Gasteiger partial charge in [0.05, 0.1) is 31.7 Å². The topological polar surface area (TPSA) is 71.1 Å². The summed E-state index contributed by atoms with van der Waals surface area (Å²) in [5.74, 6) is 0.593. The molecule has 3 aromatic rings. The quantitative estimate of drug-likeness (QED) is 0.320. The van der Waals surface area contributed by atoms with E-state index in [1.165, 1.54) is 0 Å². The van der Waals surface area contributed by atoms with E-state index in [2.05, 4.69) is 10.2 Å². The number of rotatable bonds is 8. The van der Waals surface area contributed by atoms with Crippen molar-refractivity contribution in [2.24, 2.45) is 11.8 Å². The van der Waals surface area contributed by atoms with Crippen LogP contribution in [0.4, 0.5) is 18.9 Å². The number of nitrogens with zero attached hydrogens (tertiary/aromatic N) is 2. The normalized spacial score (nSPS) is 22.9. The van der Waals surface area contributed by atoms with Gasteiger partial charge >= 0.3 is 6.18 Å². The number of likely N-dealkylation sites (tertiary alicyclic amines) is 1. The van der Waals surface area contributed by atoms with E-state index in [-0.39, 0.29) is 30.2 Å². The molecule has 0 aliphatic carbocycles. The molecule has 2 saturated heterocycles. The first-order chi connectivity index (χ1) is 21.1.